The maximum Gasteiger partial charge on any atom is 0.208 e. The van der Waals surface area contributed by atoms with Gasteiger partial charge in [-0.2, -0.15) is 0 Å². The molecule has 8 heteroatoms. The summed E-state index contributed by atoms with van der Waals surface area (Å²) in [6.45, 7) is 2.17. The molecule has 1 fully saturated rings. The summed E-state index contributed by atoms with van der Waals surface area (Å²) in [5.41, 5.74) is 0.209. The number of ether oxygens (including phenoxy) is 1. The van der Waals surface area contributed by atoms with Gasteiger partial charge in [-0.15, -0.1) is 0 Å². The molecule has 1 aromatic carbocycles. The van der Waals surface area contributed by atoms with Gasteiger partial charge in [0.15, 0.2) is 9.84 Å². The molecule has 0 atom stereocenters. The highest BCUT2D eigenvalue weighted by atomic mass is 32.2. The normalized spacial score (nSPS) is 16.0. The second-order valence-electron chi connectivity index (χ2n) is 5.63. The van der Waals surface area contributed by atoms with Crippen molar-refractivity contribution in [1.82, 2.24) is 4.57 Å². The van der Waals surface area contributed by atoms with Crippen LogP contribution in [0.3, 0.4) is 0 Å². The van der Waals surface area contributed by atoms with Crippen molar-refractivity contribution >= 4 is 26.4 Å². The maximum atomic E-state index is 14.5. The van der Waals surface area contributed by atoms with E-state index in [1.54, 1.807) is 13.1 Å². The summed E-state index contributed by atoms with van der Waals surface area (Å²) in [6.07, 6.45) is 2.25. The van der Waals surface area contributed by atoms with E-state index in [4.69, 9.17) is 4.74 Å². The standard InChI is InChI=1S/C15H17FN2O4S/c1-17-9-14(23(2,20)21)15(19)10-7-11(16)13(8-12(10)17)18-3-5-22-6-4-18/h7-9H,3-6H2,1-2H3. The number of sulfone groups is 1. The summed E-state index contributed by atoms with van der Waals surface area (Å²) in [5.74, 6) is -0.540. The van der Waals surface area contributed by atoms with Gasteiger partial charge >= 0.3 is 0 Å². The first-order chi connectivity index (χ1) is 10.8. The van der Waals surface area contributed by atoms with Crippen molar-refractivity contribution in [2.24, 2.45) is 7.05 Å². The number of nitrogens with zero attached hydrogens (tertiary/aromatic N) is 2. The fourth-order valence-corrected chi connectivity index (χ4v) is 3.57. The van der Waals surface area contributed by atoms with Gasteiger partial charge in [0.1, 0.15) is 10.7 Å². The molecule has 3 rings (SSSR count). The smallest absolute Gasteiger partial charge is 0.208 e. The molecule has 0 radical (unpaired) electrons. The zero-order chi connectivity index (χ0) is 16.8. The van der Waals surface area contributed by atoms with E-state index >= 15 is 0 Å². The van der Waals surface area contributed by atoms with Crippen LogP contribution >= 0.6 is 0 Å². The Hall–Kier alpha value is -1.93. The summed E-state index contributed by atoms with van der Waals surface area (Å²) in [5, 5.41) is 0.0601. The Balaban J connectivity index is 2.25. The van der Waals surface area contributed by atoms with Crippen LogP contribution in [0.25, 0.3) is 10.9 Å². The molecule has 0 spiro atoms. The zero-order valence-corrected chi connectivity index (χ0v) is 13.7. The van der Waals surface area contributed by atoms with Gasteiger partial charge < -0.3 is 14.2 Å². The topological polar surface area (TPSA) is 68.6 Å². The molecule has 2 aromatic rings. The number of fused-ring (bicyclic) bond motifs is 1. The van der Waals surface area contributed by atoms with E-state index in [1.165, 1.54) is 10.8 Å². The highest BCUT2D eigenvalue weighted by Crippen LogP contribution is 2.26. The summed E-state index contributed by atoms with van der Waals surface area (Å²) in [6, 6.07) is 2.71. The Labute approximate surface area is 133 Å². The van der Waals surface area contributed by atoms with Crippen molar-refractivity contribution in [3.8, 4) is 0 Å². The second-order valence-corrected chi connectivity index (χ2v) is 7.61. The van der Waals surface area contributed by atoms with Gasteiger partial charge in [0.25, 0.3) is 0 Å². The molecule has 1 aliphatic heterocycles. The van der Waals surface area contributed by atoms with Crippen LogP contribution in [0, 0.1) is 5.82 Å². The van der Waals surface area contributed by atoms with Crippen LogP contribution in [-0.2, 0) is 21.6 Å². The monoisotopic (exact) mass is 340 g/mol. The molecule has 1 aromatic heterocycles. The average Bonchev–Trinajstić information content (AvgIpc) is 2.50. The third-order valence-corrected chi connectivity index (χ3v) is 5.07. The van der Waals surface area contributed by atoms with Crippen molar-refractivity contribution in [3.63, 3.8) is 0 Å². The van der Waals surface area contributed by atoms with E-state index in [-0.39, 0.29) is 10.3 Å². The van der Waals surface area contributed by atoms with Crippen molar-refractivity contribution in [2.75, 3.05) is 37.5 Å². The molecule has 6 nitrogen and oxygen atoms in total. The summed E-state index contributed by atoms with van der Waals surface area (Å²) >= 11 is 0. The van der Waals surface area contributed by atoms with Gasteiger partial charge in [-0.1, -0.05) is 0 Å². The molecule has 0 bridgehead atoms. The lowest BCUT2D eigenvalue weighted by Crippen LogP contribution is -2.36. The predicted molar refractivity (Wildman–Crippen MR) is 85.3 cm³/mol. The molecule has 0 aliphatic carbocycles. The van der Waals surface area contributed by atoms with E-state index in [0.29, 0.717) is 37.5 Å². The maximum absolute atomic E-state index is 14.5. The van der Waals surface area contributed by atoms with Gasteiger partial charge in [0, 0.05) is 32.6 Å². The summed E-state index contributed by atoms with van der Waals surface area (Å²) < 4.78 is 44.7. The molecule has 124 valence electrons. The minimum Gasteiger partial charge on any atom is -0.378 e. The quantitative estimate of drug-likeness (QED) is 0.813. The molecule has 1 saturated heterocycles. The van der Waals surface area contributed by atoms with Gasteiger partial charge in [0.2, 0.25) is 5.43 Å². The molecule has 0 unspecified atom stereocenters. The molecule has 23 heavy (non-hydrogen) atoms. The second kappa shape index (κ2) is 5.61. The first-order valence-electron chi connectivity index (χ1n) is 7.14. The Morgan fingerprint density at radius 2 is 1.87 bits per heavy atom. The SMILES string of the molecule is Cn1cc(S(C)(=O)=O)c(=O)c2cc(F)c(N3CCOCC3)cc21. The minimum absolute atomic E-state index is 0.0601. The van der Waals surface area contributed by atoms with E-state index in [2.05, 4.69) is 0 Å². The van der Waals surface area contributed by atoms with Crippen molar-refractivity contribution in [2.45, 2.75) is 4.90 Å². The first kappa shape index (κ1) is 15.9. The predicted octanol–water partition coefficient (Wildman–Crippen LogP) is 0.918. The number of halogens is 1. The van der Waals surface area contributed by atoms with Crippen LogP contribution in [-0.4, -0.2) is 45.5 Å². The third-order valence-electron chi connectivity index (χ3n) is 3.98. The third kappa shape index (κ3) is 2.84. The molecule has 1 aliphatic rings. The van der Waals surface area contributed by atoms with Crippen LogP contribution in [0.4, 0.5) is 10.1 Å². The molecular formula is C15H17FN2O4S. The molecule has 0 amide bonds. The number of hydrogen-bond acceptors (Lipinski definition) is 5. The number of pyridine rings is 1. The van der Waals surface area contributed by atoms with Crippen LogP contribution in [0.15, 0.2) is 28.0 Å². The number of rotatable bonds is 2. The van der Waals surface area contributed by atoms with E-state index in [9.17, 15) is 17.6 Å². The van der Waals surface area contributed by atoms with E-state index in [1.807, 2.05) is 4.90 Å². The van der Waals surface area contributed by atoms with Crippen LogP contribution in [0.1, 0.15) is 0 Å². The first-order valence-corrected chi connectivity index (χ1v) is 9.04. The van der Waals surface area contributed by atoms with Crippen molar-refractivity contribution in [1.29, 1.82) is 0 Å². The minimum atomic E-state index is -3.67. The number of hydrogen-bond donors (Lipinski definition) is 0. The lowest BCUT2D eigenvalue weighted by atomic mass is 10.1. The number of benzene rings is 1. The van der Waals surface area contributed by atoms with E-state index < -0.39 is 21.1 Å². The number of anilines is 1. The van der Waals surface area contributed by atoms with Crippen LogP contribution in [0.5, 0.6) is 0 Å². The highest BCUT2D eigenvalue weighted by molar-refractivity contribution is 7.90. The molecule has 2 heterocycles. The van der Waals surface area contributed by atoms with Gasteiger partial charge in [0.05, 0.1) is 29.8 Å². The van der Waals surface area contributed by atoms with Gasteiger partial charge in [-0.3, -0.25) is 4.79 Å². The molecule has 0 saturated carbocycles. The van der Waals surface area contributed by atoms with E-state index in [0.717, 1.165) is 12.3 Å². The van der Waals surface area contributed by atoms with Crippen molar-refractivity contribution in [3.05, 3.63) is 34.4 Å². The Bertz CT molecular complexity index is 931. The largest absolute Gasteiger partial charge is 0.378 e. The number of aryl methyl sites for hydroxylation is 1. The fourth-order valence-electron chi connectivity index (χ4n) is 2.77. The summed E-state index contributed by atoms with van der Waals surface area (Å²) in [4.78, 5) is 13.9. The van der Waals surface area contributed by atoms with Crippen molar-refractivity contribution < 1.29 is 17.5 Å². The lowest BCUT2D eigenvalue weighted by molar-refractivity contribution is 0.122. The van der Waals surface area contributed by atoms with Crippen LogP contribution < -0.4 is 10.3 Å². The fraction of sp³-hybridized carbons (Fsp3) is 0.400. The molecule has 0 N–H and O–H groups in total. The lowest BCUT2D eigenvalue weighted by Gasteiger charge is -2.29. The van der Waals surface area contributed by atoms with Crippen LogP contribution in [0.2, 0.25) is 0 Å². The Morgan fingerprint density at radius 1 is 1.22 bits per heavy atom. The Morgan fingerprint density at radius 3 is 2.48 bits per heavy atom. The summed E-state index contributed by atoms with van der Waals surface area (Å²) in [7, 11) is -2.04. The number of aromatic nitrogens is 1. The molecular weight excluding hydrogens is 323 g/mol. The highest BCUT2D eigenvalue weighted by Gasteiger charge is 2.20. The van der Waals surface area contributed by atoms with Gasteiger partial charge in [-0.25, -0.2) is 12.8 Å². The zero-order valence-electron chi connectivity index (χ0n) is 12.9. The average molecular weight is 340 g/mol. The van der Waals surface area contributed by atoms with Gasteiger partial charge in [-0.05, 0) is 12.1 Å². The number of morpholine rings is 1. The Kier molecular flexibility index (Phi) is 3.89.